The standard InChI is InChI=1S/C14H11BrN2O3S/c15-11-7-6-10(21-11)13-16(8-12(18)17(13)20)14(19)9-4-2-1-3-5-9/h1-7,13,20H,8H2. The van der Waals surface area contributed by atoms with Gasteiger partial charge < -0.3 is 4.90 Å². The van der Waals surface area contributed by atoms with Crippen LogP contribution in [0.15, 0.2) is 46.3 Å². The molecule has 1 aliphatic rings. The first kappa shape index (κ1) is 14.2. The number of hydrogen-bond acceptors (Lipinski definition) is 4. The Bertz CT molecular complexity index is 689. The van der Waals surface area contributed by atoms with Crippen LogP contribution in [0.4, 0.5) is 0 Å². The number of hydrogen-bond donors (Lipinski definition) is 1. The van der Waals surface area contributed by atoms with E-state index in [0.717, 1.165) is 8.66 Å². The molecule has 2 amide bonds. The highest BCUT2D eigenvalue weighted by atomic mass is 79.9. The zero-order valence-electron chi connectivity index (χ0n) is 10.8. The quantitative estimate of drug-likeness (QED) is 0.831. The van der Waals surface area contributed by atoms with Crippen molar-refractivity contribution in [3.8, 4) is 0 Å². The molecule has 1 aromatic carbocycles. The van der Waals surface area contributed by atoms with Gasteiger partial charge in [0.1, 0.15) is 6.54 Å². The molecule has 1 N–H and O–H groups in total. The molecule has 0 saturated carbocycles. The highest BCUT2D eigenvalue weighted by Gasteiger charge is 2.42. The first-order valence-corrected chi connectivity index (χ1v) is 7.81. The van der Waals surface area contributed by atoms with E-state index in [1.165, 1.54) is 16.2 Å². The zero-order valence-corrected chi connectivity index (χ0v) is 13.2. The summed E-state index contributed by atoms with van der Waals surface area (Å²) in [6, 6.07) is 12.3. The van der Waals surface area contributed by atoms with Gasteiger partial charge in [0.15, 0.2) is 6.17 Å². The van der Waals surface area contributed by atoms with Gasteiger partial charge >= 0.3 is 0 Å². The summed E-state index contributed by atoms with van der Waals surface area (Å²) in [5, 5.41) is 10.6. The number of thiophene rings is 1. The average molecular weight is 367 g/mol. The van der Waals surface area contributed by atoms with Gasteiger partial charge in [-0.15, -0.1) is 11.3 Å². The van der Waals surface area contributed by atoms with E-state index in [2.05, 4.69) is 15.9 Å². The molecule has 0 bridgehead atoms. The van der Waals surface area contributed by atoms with E-state index in [1.54, 1.807) is 30.3 Å². The van der Waals surface area contributed by atoms with Crippen LogP contribution in [0.5, 0.6) is 0 Å². The monoisotopic (exact) mass is 366 g/mol. The summed E-state index contributed by atoms with van der Waals surface area (Å²) in [7, 11) is 0. The van der Waals surface area contributed by atoms with Gasteiger partial charge in [0.05, 0.1) is 8.66 Å². The smallest absolute Gasteiger partial charge is 0.267 e. The summed E-state index contributed by atoms with van der Waals surface area (Å²) in [4.78, 5) is 26.4. The normalized spacial score (nSPS) is 18.4. The van der Waals surface area contributed by atoms with Gasteiger partial charge in [-0.2, -0.15) is 5.06 Å². The number of benzene rings is 1. The van der Waals surface area contributed by atoms with Crippen molar-refractivity contribution in [1.82, 2.24) is 9.96 Å². The van der Waals surface area contributed by atoms with Crippen molar-refractivity contribution >= 4 is 39.1 Å². The van der Waals surface area contributed by atoms with E-state index >= 15 is 0 Å². The Hall–Kier alpha value is -1.70. The molecular formula is C14H11BrN2O3S. The van der Waals surface area contributed by atoms with E-state index < -0.39 is 12.1 Å². The van der Waals surface area contributed by atoms with E-state index in [-0.39, 0.29) is 12.5 Å². The zero-order chi connectivity index (χ0) is 15.0. The lowest BCUT2D eigenvalue weighted by Gasteiger charge is -2.25. The number of amides is 2. The lowest BCUT2D eigenvalue weighted by molar-refractivity contribution is -0.168. The second-order valence-electron chi connectivity index (χ2n) is 4.55. The van der Waals surface area contributed by atoms with Crippen LogP contribution in [0.3, 0.4) is 0 Å². The molecule has 2 aromatic rings. The maximum Gasteiger partial charge on any atom is 0.267 e. The van der Waals surface area contributed by atoms with Crippen LogP contribution in [0, 0.1) is 0 Å². The molecule has 0 spiro atoms. The fourth-order valence-electron chi connectivity index (χ4n) is 2.24. The van der Waals surface area contributed by atoms with Crippen molar-refractivity contribution in [2.75, 3.05) is 6.54 Å². The number of nitrogens with zero attached hydrogens (tertiary/aromatic N) is 2. The van der Waals surface area contributed by atoms with Crippen molar-refractivity contribution in [1.29, 1.82) is 0 Å². The fourth-order valence-corrected chi connectivity index (χ4v) is 3.77. The second kappa shape index (κ2) is 5.59. The third-order valence-corrected chi connectivity index (χ3v) is 4.88. The minimum absolute atomic E-state index is 0.135. The van der Waals surface area contributed by atoms with Gasteiger partial charge in [0.25, 0.3) is 11.8 Å². The Morgan fingerprint density at radius 3 is 2.57 bits per heavy atom. The fraction of sp³-hybridized carbons (Fsp3) is 0.143. The lowest BCUT2D eigenvalue weighted by atomic mass is 10.2. The molecule has 1 fully saturated rings. The molecule has 2 heterocycles. The number of rotatable bonds is 2. The summed E-state index contributed by atoms with van der Waals surface area (Å²) < 4.78 is 0.873. The lowest BCUT2D eigenvalue weighted by Crippen LogP contribution is -2.33. The van der Waals surface area contributed by atoms with Crippen LogP contribution in [0.1, 0.15) is 21.4 Å². The van der Waals surface area contributed by atoms with Gasteiger partial charge in [-0.3, -0.25) is 14.8 Å². The van der Waals surface area contributed by atoms with Gasteiger partial charge in [0.2, 0.25) is 0 Å². The van der Waals surface area contributed by atoms with Crippen molar-refractivity contribution < 1.29 is 14.8 Å². The Labute approximate surface area is 133 Å². The molecule has 7 heteroatoms. The van der Waals surface area contributed by atoms with Crippen LogP contribution in [-0.4, -0.2) is 33.5 Å². The second-order valence-corrected chi connectivity index (χ2v) is 7.05. The van der Waals surface area contributed by atoms with E-state index in [9.17, 15) is 14.8 Å². The van der Waals surface area contributed by atoms with Crippen LogP contribution in [0.25, 0.3) is 0 Å². The summed E-state index contributed by atoms with van der Waals surface area (Å²) in [5.74, 6) is -0.774. The molecule has 1 unspecified atom stereocenters. The summed E-state index contributed by atoms with van der Waals surface area (Å²) in [5.41, 5.74) is 0.487. The molecule has 5 nitrogen and oxygen atoms in total. The molecular weight excluding hydrogens is 356 g/mol. The summed E-state index contributed by atoms with van der Waals surface area (Å²) >= 11 is 4.72. The summed E-state index contributed by atoms with van der Waals surface area (Å²) in [6.45, 7) is -0.135. The third-order valence-electron chi connectivity index (χ3n) is 3.22. The number of carbonyl (C=O) groups excluding carboxylic acids is 2. The van der Waals surface area contributed by atoms with Crippen molar-refractivity contribution in [2.24, 2.45) is 0 Å². The van der Waals surface area contributed by atoms with E-state index in [1.807, 2.05) is 12.1 Å². The minimum atomic E-state index is -0.776. The van der Waals surface area contributed by atoms with Crippen LogP contribution in [0.2, 0.25) is 0 Å². The van der Waals surface area contributed by atoms with Crippen molar-refractivity contribution in [2.45, 2.75) is 6.17 Å². The molecule has 21 heavy (non-hydrogen) atoms. The van der Waals surface area contributed by atoms with Crippen molar-refractivity contribution in [3.63, 3.8) is 0 Å². The minimum Gasteiger partial charge on any atom is -0.302 e. The Kier molecular flexibility index (Phi) is 3.79. The molecule has 3 rings (SSSR count). The highest BCUT2D eigenvalue weighted by molar-refractivity contribution is 9.11. The summed E-state index contributed by atoms with van der Waals surface area (Å²) in [6.07, 6.45) is -0.776. The van der Waals surface area contributed by atoms with Crippen LogP contribution in [-0.2, 0) is 4.79 Å². The Morgan fingerprint density at radius 2 is 1.95 bits per heavy atom. The van der Waals surface area contributed by atoms with E-state index in [0.29, 0.717) is 10.6 Å². The Morgan fingerprint density at radius 1 is 1.24 bits per heavy atom. The average Bonchev–Trinajstić information content (AvgIpc) is 3.04. The molecule has 0 aliphatic carbocycles. The number of hydroxylamine groups is 2. The third kappa shape index (κ3) is 2.59. The molecule has 1 saturated heterocycles. The molecule has 108 valence electrons. The highest BCUT2D eigenvalue weighted by Crippen LogP contribution is 2.36. The number of halogens is 1. The largest absolute Gasteiger partial charge is 0.302 e. The van der Waals surface area contributed by atoms with Gasteiger partial charge in [-0.05, 0) is 40.2 Å². The van der Waals surface area contributed by atoms with Gasteiger partial charge in [-0.25, -0.2) is 0 Å². The first-order chi connectivity index (χ1) is 10.1. The molecule has 0 radical (unpaired) electrons. The maximum absolute atomic E-state index is 12.6. The van der Waals surface area contributed by atoms with E-state index in [4.69, 9.17) is 0 Å². The van der Waals surface area contributed by atoms with Gasteiger partial charge in [-0.1, -0.05) is 18.2 Å². The SMILES string of the molecule is O=C1CN(C(=O)c2ccccc2)C(c2ccc(Br)s2)N1O. The Balaban J connectivity index is 1.96. The molecule has 1 aliphatic heterocycles. The molecule has 1 aromatic heterocycles. The van der Waals surface area contributed by atoms with Crippen molar-refractivity contribution in [3.05, 3.63) is 56.7 Å². The molecule has 1 atom stereocenters. The first-order valence-electron chi connectivity index (χ1n) is 6.20. The van der Waals surface area contributed by atoms with Crippen LogP contribution < -0.4 is 0 Å². The van der Waals surface area contributed by atoms with Crippen LogP contribution >= 0.6 is 27.3 Å². The maximum atomic E-state index is 12.6. The predicted molar refractivity (Wildman–Crippen MR) is 80.9 cm³/mol. The topological polar surface area (TPSA) is 60.9 Å². The van der Waals surface area contributed by atoms with Gasteiger partial charge in [0, 0.05) is 5.56 Å². The predicted octanol–water partition coefficient (Wildman–Crippen LogP) is 2.88. The number of carbonyl (C=O) groups is 2.